The zero-order valence-electron chi connectivity index (χ0n) is 12.8. The van der Waals surface area contributed by atoms with E-state index < -0.39 is 39.2 Å². The van der Waals surface area contributed by atoms with E-state index in [9.17, 15) is 26.4 Å². The van der Waals surface area contributed by atoms with Gasteiger partial charge in [0.2, 0.25) is 10.0 Å². The highest BCUT2D eigenvalue weighted by atomic mass is 32.2. The summed E-state index contributed by atoms with van der Waals surface area (Å²) in [4.78, 5) is 9.36. The van der Waals surface area contributed by atoms with Gasteiger partial charge in [0.15, 0.2) is 0 Å². The van der Waals surface area contributed by atoms with Crippen LogP contribution in [0, 0.1) is 0 Å². The number of aliphatic carboxylic acids is 1. The molecule has 0 radical (unpaired) electrons. The van der Waals surface area contributed by atoms with Gasteiger partial charge in [-0.15, -0.1) is 0 Å². The molecule has 7 nitrogen and oxygen atoms in total. The Hall–Kier alpha value is -1.85. The average Bonchev–Trinajstić information content (AvgIpc) is 2.49. The minimum Gasteiger partial charge on any atom is -0.497 e. The number of likely N-dealkylation sites (N-methyl/N-ethyl adjacent to an activating group) is 1. The number of sulfonamides is 1. The molecular formula is C13H16F3NO6S. The van der Waals surface area contributed by atoms with Gasteiger partial charge in [0, 0.05) is 13.6 Å². The highest BCUT2D eigenvalue weighted by molar-refractivity contribution is 7.89. The van der Waals surface area contributed by atoms with E-state index >= 15 is 0 Å². The SMILES string of the molecule is COc1ccc(S(=O)(=O)N(C)CCOCC(=O)O)c(C(F)(F)F)c1. The molecule has 0 fully saturated rings. The molecule has 1 aromatic rings. The molecule has 0 spiro atoms. The number of carbonyl (C=O) groups is 1. The molecule has 0 amide bonds. The van der Waals surface area contributed by atoms with Gasteiger partial charge in [-0.05, 0) is 18.2 Å². The molecule has 0 aliphatic rings. The first kappa shape index (κ1) is 20.2. The van der Waals surface area contributed by atoms with E-state index in [1.807, 2.05) is 0 Å². The van der Waals surface area contributed by atoms with E-state index in [1.54, 1.807) is 0 Å². The van der Waals surface area contributed by atoms with Crippen LogP contribution in [0.1, 0.15) is 5.56 Å². The second kappa shape index (κ2) is 7.81. The molecule has 1 rings (SSSR count). The van der Waals surface area contributed by atoms with Crippen LogP contribution in [0.3, 0.4) is 0 Å². The topological polar surface area (TPSA) is 93.1 Å². The molecule has 1 N–H and O–H groups in total. The van der Waals surface area contributed by atoms with Crippen LogP contribution in [0.5, 0.6) is 5.75 Å². The van der Waals surface area contributed by atoms with Crippen molar-refractivity contribution in [3.63, 3.8) is 0 Å². The predicted molar refractivity (Wildman–Crippen MR) is 76.3 cm³/mol. The fourth-order valence-electron chi connectivity index (χ4n) is 1.72. The van der Waals surface area contributed by atoms with E-state index in [1.165, 1.54) is 0 Å². The van der Waals surface area contributed by atoms with Crippen LogP contribution in [0.2, 0.25) is 0 Å². The normalized spacial score (nSPS) is 12.4. The Labute approximate surface area is 136 Å². The number of hydrogen-bond donors (Lipinski definition) is 1. The summed E-state index contributed by atoms with van der Waals surface area (Å²) >= 11 is 0. The molecule has 136 valence electrons. The smallest absolute Gasteiger partial charge is 0.417 e. The summed E-state index contributed by atoms with van der Waals surface area (Å²) in [6.45, 7) is -1.22. The Morgan fingerprint density at radius 1 is 1.33 bits per heavy atom. The molecular weight excluding hydrogens is 355 g/mol. The molecule has 24 heavy (non-hydrogen) atoms. The van der Waals surface area contributed by atoms with Crippen LogP contribution >= 0.6 is 0 Å². The van der Waals surface area contributed by atoms with Crippen molar-refractivity contribution >= 4 is 16.0 Å². The molecule has 0 atom stereocenters. The molecule has 0 heterocycles. The monoisotopic (exact) mass is 371 g/mol. The predicted octanol–water partition coefficient (Wildman–Crippen LogP) is 1.44. The summed E-state index contributed by atoms with van der Waals surface area (Å²) in [7, 11) is -2.21. The van der Waals surface area contributed by atoms with Crippen LogP contribution in [0.4, 0.5) is 13.2 Å². The van der Waals surface area contributed by atoms with Gasteiger partial charge in [0.05, 0.1) is 24.2 Å². The van der Waals surface area contributed by atoms with Gasteiger partial charge in [-0.3, -0.25) is 0 Å². The Morgan fingerprint density at radius 3 is 2.46 bits per heavy atom. The number of rotatable bonds is 8. The van der Waals surface area contributed by atoms with E-state index in [0.29, 0.717) is 10.4 Å². The largest absolute Gasteiger partial charge is 0.497 e. The lowest BCUT2D eigenvalue weighted by molar-refractivity contribution is -0.142. The number of methoxy groups -OCH3 is 1. The minimum atomic E-state index is -4.89. The van der Waals surface area contributed by atoms with Crippen molar-refractivity contribution in [2.75, 3.05) is 33.9 Å². The van der Waals surface area contributed by atoms with E-state index in [2.05, 4.69) is 4.74 Å². The second-order valence-corrected chi connectivity index (χ2v) is 6.65. The molecule has 1 aromatic carbocycles. The summed E-state index contributed by atoms with van der Waals surface area (Å²) in [5.74, 6) is -1.37. The third-order valence-electron chi connectivity index (χ3n) is 2.96. The Bertz CT molecular complexity index is 689. The molecule has 11 heteroatoms. The lowest BCUT2D eigenvalue weighted by atomic mass is 10.2. The quantitative estimate of drug-likeness (QED) is 0.695. The Morgan fingerprint density at radius 2 is 1.96 bits per heavy atom. The first-order chi connectivity index (χ1) is 11.0. The van der Waals surface area contributed by atoms with Gasteiger partial charge in [-0.1, -0.05) is 0 Å². The van der Waals surface area contributed by atoms with E-state index in [0.717, 1.165) is 26.3 Å². The van der Waals surface area contributed by atoms with Crippen molar-refractivity contribution in [2.24, 2.45) is 0 Å². The number of alkyl halides is 3. The summed E-state index contributed by atoms with van der Waals surface area (Å²) in [6, 6.07) is 2.52. The maximum Gasteiger partial charge on any atom is 0.417 e. The number of carboxylic acid groups (broad SMARTS) is 1. The van der Waals surface area contributed by atoms with Crippen LogP contribution < -0.4 is 4.74 Å². The lowest BCUT2D eigenvalue weighted by Crippen LogP contribution is -2.32. The molecule has 0 saturated carbocycles. The van der Waals surface area contributed by atoms with Crippen LogP contribution in [-0.4, -0.2) is 57.7 Å². The van der Waals surface area contributed by atoms with Gasteiger partial charge in [-0.2, -0.15) is 17.5 Å². The first-order valence-corrected chi connectivity index (χ1v) is 7.95. The summed E-state index contributed by atoms with van der Waals surface area (Å²) < 4.78 is 74.1. The highest BCUT2D eigenvalue weighted by Gasteiger charge is 2.38. The number of carboxylic acids is 1. The Balaban J connectivity index is 3.07. The fraction of sp³-hybridized carbons (Fsp3) is 0.462. The number of benzene rings is 1. The van der Waals surface area contributed by atoms with E-state index in [-0.39, 0.29) is 18.9 Å². The first-order valence-electron chi connectivity index (χ1n) is 6.51. The third-order valence-corrected chi connectivity index (χ3v) is 4.87. The highest BCUT2D eigenvalue weighted by Crippen LogP contribution is 2.37. The lowest BCUT2D eigenvalue weighted by Gasteiger charge is -2.20. The molecule has 0 unspecified atom stereocenters. The van der Waals surface area contributed by atoms with Crippen molar-refractivity contribution in [1.29, 1.82) is 0 Å². The summed E-state index contributed by atoms with van der Waals surface area (Å²) in [5.41, 5.74) is -1.35. The number of hydrogen-bond acceptors (Lipinski definition) is 5. The molecule has 0 aromatic heterocycles. The summed E-state index contributed by atoms with van der Waals surface area (Å²) in [6.07, 6.45) is -4.89. The molecule has 0 bridgehead atoms. The van der Waals surface area contributed by atoms with Crippen LogP contribution in [0.25, 0.3) is 0 Å². The standard InChI is InChI=1S/C13H16F3NO6S/c1-17(5-6-23-8-12(18)19)24(20,21)11-4-3-9(22-2)7-10(11)13(14,15)16/h3-4,7H,5-6,8H2,1-2H3,(H,18,19). The fourth-order valence-corrected chi connectivity index (χ4v) is 3.07. The van der Waals surface area contributed by atoms with Crippen LogP contribution in [0.15, 0.2) is 23.1 Å². The van der Waals surface area contributed by atoms with Crippen molar-refractivity contribution in [3.05, 3.63) is 23.8 Å². The van der Waals surface area contributed by atoms with Gasteiger partial charge in [0.25, 0.3) is 0 Å². The van der Waals surface area contributed by atoms with E-state index in [4.69, 9.17) is 9.84 Å². The van der Waals surface area contributed by atoms with Crippen molar-refractivity contribution < 1.29 is 41.0 Å². The molecule has 0 aliphatic heterocycles. The third kappa shape index (κ3) is 5.08. The van der Waals surface area contributed by atoms with Gasteiger partial charge in [-0.25, -0.2) is 13.2 Å². The zero-order chi connectivity index (χ0) is 18.5. The van der Waals surface area contributed by atoms with Crippen molar-refractivity contribution in [1.82, 2.24) is 4.31 Å². The number of ether oxygens (including phenoxy) is 2. The van der Waals surface area contributed by atoms with Gasteiger partial charge in [0.1, 0.15) is 12.4 Å². The maximum absolute atomic E-state index is 13.1. The molecule has 0 saturated heterocycles. The number of halogens is 3. The maximum atomic E-state index is 13.1. The van der Waals surface area contributed by atoms with Crippen molar-refractivity contribution in [2.45, 2.75) is 11.1 Å². The van der Waals surface area contributed by atoms with Gasteiger partial charge < -0.3 is 14.6 Å². The minimum absolute atomic E-state index is 0.131. The molecule has 0 aliphatic carbocycles. The number of nitrogens with zero attached hydrogens (tertiary/aromatic N) is 1. The van der Waals surface area contributed by atoms with Gasteiger partial charge >= 0.3 is 12.1 Å². The average molecular weight is 371 g/mol. The van der Waals surface area contributed by atoms with Crippen molar-refractivity contribution in [3.8, 4) is 5.75 Å². The zero-order valence-corrected chi connectivity index (χ0v) is 13.6. The summed E-state index contributed by atoms with van der Waals surface area (Å²) in [5, 5.41) is 8.40. The van der Waals surface area contributed by atoms with Crippen LogP contribution in [-0.2, 0) is 25.7 Å². The Kier molecular flexibility index (Phi) is 6.58. The second-order valence-electron chi connectivity index (χ2n) is 4.63.